The summed E-state index contributed by atoms with van der Waals surface area (Å²) in [6.07, 6.45) is 2.03. The summed E-state index contributed by atoms with van der Waals surface area (Å²) in [6.45, 7) is 0.907. The van der Waals surface area contributed by atoms with Crippen LogP contribution in [0.2, 0.25) is 0 Å². The average Bonchev–Trinajstić information content (AvgIpc) is 3.20. The third kappa shape index (κ3) is 4.92. The Morgan fingerprint density at radius 2 is 1.65 bits per heavy atom. The topological polar surface area (TPSA) is 64.6 Å². The van der Waals surface area contributed by atoms with Crippen LogP contribution in [0.3, 0.4) is 0 Å². The minimum Gasteiger partial charge on any atom is -0.455 e. The highest BCUT2D eigenvalue weighted by atomic mass is 16.5. The summed E-state index contributed by atoms with van der Waals surface area (Å²) in [7, 11) is 0. The fraction of sp³-hybridized carbons (Fsp3) is 0.333. The van der Waals surface area contributed by atoms with Gasteiger partial charge in [0.05, 0.1) is 6.10 Å². The number of rotatable bonds is 7. The number of esters is 1. The van der Waals surface area contributed by atoms with Crippen molar-refractivity contribution in [3.05, 3.63) is 71.8 Å². The summed E-state index contributed by atoms with van der Waals surface area (Å²) >= 11 is 0. The zero-order valence-corrected chi connectivity index (χ0v) is 14.6. The van der Waals surface area contributed by atoms with E-state index in [1.54, 1.807) is 0 Å². The Hall–Kier alpha value is -2.66. The summed E-state index contributed by atoms with van der Waals surface area (Å²) in [4.78, 5) is 24.6. The molecule has 1 saturated heterocycles. The van der Waals surface area contributed by atoms with Crippen molar-refractivity contribution in [1.82, 2.24) is 5.32 Å². The van der Waals surface area contributed by atoms with E-state index in [9.17, 15) is 9.59 Å². The van der Waals surface area contributed by atoms with Crippen molar-refractivity contribution in [2.45, 2.75) is 24.9 Å². The summed E-state index contributed by atoms with van der Waals surface area (Å²) in [5.74, 6) is -1.30. The van der Waals surface area contributed by atoms with Gasteiger partial charge in [0.1, 0.15) is 5.92 Å². The van der Waals surface area contributed by atoms with Gasteiger partial charge in [-0.05, 0) is 24.0 Å². The van der Waals surface area contributed by atoms with E-state index in [4.69, 9.17) is 9.47 Å². The molecule has 1 atom stereocenters. The first-order valence-electron chi connectivity index (χ1n) is 8.89. The maximum Gasteiger partial charge on any atom is 0.318 e. The monoisotopic (exact) mass is 353 g/mol. The summed E-state index contributed by atoms with van der Waals surface area (Å²) in [5.41, 5.74) is 1.67. The van der Waals surface area contributed by atoms with Gasteiger partial charge in [0, 0.05) is 13.2 Å². The van der Waals surface area contributed by atoms with Crippen LogP contribution >= 0.6 is 0 Å². The normalized spacial score (nSPS) is 16.4. The first-order valence-corrected chi connectivity index (χ1v) is 8.89. The van der Waals surface area contributed by atoms with Crippen molar-refractivity contribution in [3.8, 4) is 0 Å². The summed E-state index contributed by atoms with van der Waals surface area (Å²) in [5, 5.41) is 2.76. The minimum absolute atomic E-state index is 0.0658. The average molecular weight is 353 g/mol. The van der Waals surface area contributed by atoms with Gasteiger partial charge >= 0.3 is 5.97 Å². The molecule has 1 aliphatic rings. The van der Waals surface area contributed by atoms with Crippen molar-refractivity contribution < 1.29 is 19.1 Å². The van der Waals surface area contributed by atoms with E-state index >= 15 is 0 Å². The highest BCUT2D eigenvalue weighted by molar-refractivity contribution is 5.85. The second kappa shape index (κ2) is 9.15. The van der Waals surface area contributed by atoms with Crippen molar-refractivity contribution >= 4 is 11.9 Å². The predicted octanol–water partition coefficient (Wildman–Crippen LogP) is 2.66. The number of hydrogen-bond donors (Lipinski definition) is 1. The number of carbonyl (C=O) groups is 2. The van der Waals surface area contributed by atoms with E-state index in [-0.39, 0.29) is 18.6 Å². The molecule has 0 bridgehead atoms. The lowest BCUT2D eigenvalue weighted by atomic mass is 9.91. The molecule has 3 rings (SSSR count). The molecule has 26 heavy (non-hydrogen) atoms. The molecule has 2 aromatic rings. The molecule has 0 saturated carbocycles. The zero-order chi connectivity index (χ0) is 18.2. The number of hydrogen-bond acceptors (Lipinski definition) is 4. The number of amides is 1. The molecule has 1 aliphatic heterocycles. The number of nitrogens with one attached hydrogen (secondary N) is 1. The van der Waals surface area contributed by atoms with E-state index < -0.39 is 11.9 Å². The lowest BCUT2D eigenvalue weighted by Gasteiger charge is -2.17. The van der Waals surface area contributed by atoms with Crippen LogP contribution in [0, 0.1) is 0 Å². The van der Waals surface area contributed by atoms with Gasteiger partial charge in [-0.2, -0.15) is 0 Å². The number of carbonyl (C=O) groups excluding carboxylic acids is 2. The van der Waals surface area contributed by atoms with Crippen molar-refractivity contribution in [1.29, 1.82) is 0 Å². The lowest BCUT2D eigenvalue weighted by molar-refractivity contribution is -0.149. The Balaban J connectivity index is 1.60. The standard InChI is InChI=1S/C21H23NO4/c23-19(22-14-18-12-7-13-25-18)15-26-21(24)20(16-8-3-1-4-9-16)17-10-5-2-6-11-17/h1-6,8-11,18,20H,7,12-15H2,(H,22,23). The summed E-state index contributed by atoms with van der Waals surface area (Å²) < 4.78 is 10.8. The van der Waals surface area contributed by atoms with Gasteiger partial charge in [-0.15, -0.1) is 0 Å². The molecule has 0 spiro atoms. The molecule has 136 valence electrons. The van der Waals surface area contributed by atoms with Crippen LogP contribution in [0.1, 0.15) is 29.9 Å². The molecule has 1 N–H and O–H groups in total. The molecule has 1 fully saturated rings. The predicted molar refractivity (Wildman–Crippen MR) is 97.7 cm³/mol. The van der Waals surface area contributed by atoms with Gasteiger partial charge in [-0.1, -0.05) is 60.7 Å². The maximum atomic E-state index is 12.7. The maximum absolute atomic E-state index is 12.7. The molecule has 1 unspecified atom stereocenters. The van der Waals surface area contributed by atoms with E-state index in [1.807, 2.05) is 60.7 Å². The number of ether oxygens (including phenoxy) is 2. The first-order chi connectivity index (χ1) is 12.7. The van der Waals surface area contributed by atoms with Crippen LogP contribution in [0.4, 0.5) is 0 Å². The smallest absolute Gasteiger partial charge is 0.318 e. The zero-order valence-electron chi connectivity index (χ0n) is 14.6. The molecule has 5 heteroatoms. The molecule has 5 nitrogen and oxygen atoms in total. The lowest BCUT2D eigenvalue weighted by Crippen LogP contribution is -2.35. The quantitative estimate of drug-likeness (QED) is 0.777. The van der Waals surface area contributed by atoms with E-state index in [1.165, 1.54) is 0 Å². The molecule has 1 heterocycles. The van der Waals surface area contributed by atoms with Crippen molar-refractivity contribution in [2.24, 2.45) is 0 Å². The van der Waals surface area contributed by atoms with Crippen LogP contribution < -0.4 is 5.32 Å². The van der Waals surface area contributed by atoms with Gasteiger partial charge in [0.2, 0.25) is 0 Å². The van der Waals surface area contributed by atoms with Crippen LogP contribution in [-0.2, 0) is 19.1 Å². The molecule has 0 aliphatic carbocycles. The largest absolute Gasteiger partial charge is 0.455 e. The fourth-order valence-corrected chi connectivity index (χ4v) is 3.06. The van der Waals surface area contributed by atoms with Gasteiger partial charge in [-0.3, -0.25) is 9.59 Å². The van der Waals surface area contributed by atoms with Gasteiger partial charge in [0.15, 0.2) is 6.61 Å². The second-order valence-corrected chi connectivity index (χ2v) is 6.30. The minimum atomic E-state index is -0.552. The Morgan fingerprint density at radius 3 is 2.19 bits per heavy atom. The van der Waals surface area contributed by atoms with Crippen LogP contribution in [0.15, 0.2) is 60.7 Å². The Bertz CT molecular complexity index is 672. The molecular weight excluding hydrogens is 330 g/mol. The molecule has 1 amide bonds. The van der Waals surface area contributed by atoms with Crippen molar-refractivity contribution in [3.63, 3.8) is 0 Å². The van der Waals surface area contributed by atoms with E-state index in [2.05, 4.69) is 5.32 Å². The van der Waals surface area contributed by atoms with Crippen molar-refractivity contribution in [2.75, 3.05) is 19.8 Å². The summed E-state index contributed by atoms with van der Waals surface area (Å²) in [6, 6.07) is 18.9. The van der Waals surface area contributed by atoms with Crippen LogP contribution in [-0.4, -0.2) is 37.7 Å². The number of benzene rings is 2. The van der Waals surface area contributed by atoms with Gasteiger partial charge in [-0.25, -0.2) is 0 Å². The first kappa shape index (κ1) is 18.1. The van der Waals surface area contributed by atoms with Gasteiger partial charge < -0.3 is 14.8 Å². The van der Waals surface area contributed by atoms with E-state index in [0.29, 0.717) is 6.54 Å². The fourth-order valence-electron chi connectivity index (χ4n) is 3.06. The van der Waals surface area contributed by atoms with E-state index in [0.717, 1.165) is 30.6 Å². The molecular formula is C21H23NO4. The van der Waals surface area contributed by atoms with Crippen LogP contribution in [0.5, 0.6) is 0 Å². The SMILES string of the molecule is O=C(COC(=O)C(c1ccccc1)c1ccccc1)NCC1CCCO1. The third-order valence-corrected chi connectivity index (χ3v) is 4.40. The molecule has 0 aromatic heterocycles. The Labute approximate surface area is 153 Å². The Kier molecular flexibility index (Phi) is 6.39. The third-order valence-electron chi connectivity index (χ3n) is 4.40. The second-order valence-electron chi connectivity index (χ2n) is 6.30. The highest BCUT2D eigenvalue weighted by Gasteiger charge is 2.25. The Morgan fingerprint density at radius 1 is 1.04 bits per heavy atom. The van der Waals surface area contributed by atoms with Crippen LogP contribution in [0.25, 0.3) is 0 Å². The molecule has 2 aromatic carbocycles. The highest BCUT2D eigenvalue weighted by Crippen LogP contribution is 2.25. The van der Waals surface area contributed by atoms with Gasteiger partial charge in [0.25, 0.3) is 5.91 Å². The molecule has 0 radical (unpaired) electrons.